The number of hydrogen-bond donors (Lipinski definition) is 3. The molecule has 4 N–H and O–H groups in total. The lowest BCUT2D eigenvalue weighted by molar-refractivity contribution is 0.314. The summed E-state index contributed by atoms with van der Waals surface area (Å²) in [5.41, 5.74) is 5.28. The number of nitrogens with one attached hydrogen (secondary N) is 1. The van der Waals surface area contributed by atoms with Gasteiger partial charge in [0.15, 0.2) is 0 Å². The van der Waals surface area contributed by atoms with Crippen molar-refractivity contribution in [3.63, 3.8) is 0 Å². The first-order chi connectivity index (χ1) is 5.33. The second-order valence-corrected chi connectivity index (χ2v) is 2.92. The Morgan fingerprint density at radius 2 is 2.36 bits per heavy atom. The van der Waals surface area contributed by atoms with Gasteiger partial charge in [0.1, 0.15) is 5.84 Å². The van der Waals surface area contributed by atoms with Gasteiger partial charge in [-0.3, -0.25) is 0 Å². The molecule has 64 valence electrons. The Kier molecular flexibility index (Phi) is 3.16. The highest BCUT2D eigenvalue weighted by molar-refractivity contribution is 5.79. The standard InChI is InChI=1S/C7H15N3O/c8-7(10-11)4-5-9-6-2-1-3-6/h6,9,11H,1-5H2,(H2,8,10). The van der Waals surface area contributed by atoms with Crippen LogP contribution in [0, 0.1) is 0 Å². The van der Waals surface area contributed by atoms with Crippen molar-refractivity contribution in [2.75, 3.05) is 6.54 Å². The molecular weight excluding hydrogens is 142 g/mol. The van der Waals surface area contributed by atoms with Crippen LogP contribution in [-0.4, -0.2) is 23.6 Å². The van der Waals surface area contributed by atoms with E-state index < -0.39 is 0 Å². The van der Waals surface area contributed by atoms with Crippen LogP contribution in [0.2, 0.25) is 0 Å². The van der Waals surface area contributed by atoms with Crippen molar-refractivity contribution in [1.29, 1.82) is 0 Å². The number of amidine groups is 1. The molecule has 1 saturated carbocycles. The van der Waals surface area contributed by atoms with Gasteiger partial charge in [-0.1, -0.05) is 11.6 Å². The fourth-order valence-electron chi connectivity index (χ4n) is 1.07. The van der Waals surface area contributed by atoms with E-state index in [1.165, 1.54) is 19.3 Å². The zero-order valence-electron chi connectivity index (χ0n) is 6.58. The van der Waals surface area contributed by atoms with Crippen LogP contribution in [-0.2, 0) is 0 Å². The molecule has 1 fully saturated rings. The van der Waals surface area contributed by atoms with Crippen molar-refractivity contribution in [1.82, 2.24) is 5.32 Å². The number of rotatable bonds is 4. The summed E-state index contributed by atoms with van der Waals surface area (Å²) in [6.07, 6.45) is 4.51. The molecule has 0 aromatic carbocycles. The summed E-state index contributed by atoms with van der Waals surface area (Å²) in [4.78, 5) is 0. The Bertz CT molecular complexity index is 143. The molecular formula is C7H15N3O. The lowest BCUT2D eigenvalue weighted by Crippen LogP contribution is -2.36. The first-order valence-electron chi connectivity index (χ1n) is 4.02. The van der Waals surface area contributed by atoms with Crippen molar-refractivity contribution in [2.45, 2.75) is 31.7 Å². The fraction of sp³-hybridized carbons (Fsp3) is 0.857. The highest BCUT2D eigenvalue weighted by atomic mass is 16.4. The first-order valence-corrected chi connectivity index (χ1v) is 4.02. The van der Waals surface area contributed by atoms with Crippen LogP contribution < -0.4 is 11.1 Å². The SMILES string of the molecule is NC(CCNC1CCC1)=NO. The van der Waals surface area contributed by atoms with Gasteiger partial charge in [-0.2, -0.15) is 0 Å². The van der Waals surface area contributed by atoms with Gasteiger partial charge in [0.2, 0.25) is 0 Å². The Balaban J connectivity index is 1.95. The minimum Gasteiger partial charge on any atom is -0.409 e. The molecule has 1 aliphatic rings. The summed E-state index contributed by atoms with van der Waals surface area (Å²) in [5, 5.41) is 14.4. The second kappa shape index (κ2) is 4.18. The van der Waals surface area contributed by atoms with E-state index in [9.17, 15) is 0 Å². The van der Waals surface area contributed by atoms with Gasteiger partial charge in [-0.15, -0.1) is 0 Å². The van der Waals surface area contributed by atoms with Gasteiger partial charge < -0.3 is 16.3 Å². The lowest BCUT2D eigenvalue weighted by Gasteiger charge is -2.26. The maximum Gasteiger partial charge on any atom is 0.140 e. The van der Waals surface area contributed by atoms with Crippen molar-refractivity contribution >= 4 is 5.84 Å². The highest BCUT2D eigenvalue weighted by Crippen LogP contribution is 2.17. The zero-order chi connectivity index (χ0) is 8.10. The van der Waals surface area contributed by atoms with E-state index in [-0.39, 0.29) is 0 Å². The van der Waals surface area contributed by atoms with Gasteiger partial charge in [-0.05, 0) is 12.8 Å². The second-order valence-electron chi connectivity index (χ2n) is 2.92. The maximum atomic E-state index is 8.21. The number of oxime groups is 1. The smallest absolute Gasteiger partial charge is 0.140 e. The topological polar surface area (TPSA) is 70.6 Å². The van der Waals surface area contributed by atoms with Crippen LogP contribution in [0.15, 0.2) is 5.16 Å². The van der Waals surface area contributed by atoms with E-state index in [1.807, 2.05) is 0 Å². The molecule has 4 heteroatoms. The zero-order valence-corrected chi connectivity index (χ0v) is 6.58. The summed E-state index contributed by atoms with van der Waals surface area (Å²) < 4.78 is 0. The van der Waals surface area contributed by atoms with Crippen molar-refractivity contribution in [2.24, 2.45) is 10.9 Å². The van der Waals surface area contributed by atoms with Gasteiger partial charge in [0.25, 0.3) is 0 Å². The van der Waals surface area contributed by atoms with E-state index in [4.69, 9.17) is 10.9 Å². The Morgan fingerprint density at radius 1 is 1.64 bits per heavy atom. The molecule has 0 atom stereocenters. The number of nitrogens with zero attached hydrogens (tertiary/aromatic N) is 1. The minimum atomic E-state index is 0.303. The third kappa shape index (κ3) is 2.76. The van der Waals surface area contributed by atoms with Gasteiger partial charge in [0, 0.05) is 19.0 Å². The normalized spacial score (nSPS) is 19.8. The third-order valence-electron chi connectivity index (χ3n) is 2.05. The van der Waals surface area contributed by atoms with Crippen LogP contribution in [0.5, 0.6) is 0 Å². The van der Waals surface area contributed by atoms with Crippen LogP contribution in [0.4, 0.5) is 0 Å². The molecule has 0 unspecified atom stereocenters. The molecule has 0 aromatic heterocycles. The largest absolute Gasteiger partial charge is 0.409 e. The molecule has 0 radical (unpaired) electrons. The molecule has 1 rings (SSSR count). The summed E-state index contributed by atoms with van der Waals surface area (Å²) in [6.45, 7) is 0.820. The van der Waals surface area contributed by atoms with Crippen LogP contribution in [0.3, 0.4) is 0 Å². The highest BCUT2D eigenvalue weighted by Gasteiger charge is 2.15. The minimum absolute atomic E-state index is 0.303. The maximum absolute atomic E-state index is 8.21. The molecule has 4 nitrogen and oxygen atoms in total. The summed E-state index contributed by atoms with van der Waals surface area (Å²) in [5.74, 6) is 0.303. The fourth-order valence-corrected chi connectivity index (χ4v) is 1.07. The van der Waals surface area contributed by atoms with Gasteiger partial charge >= 0.3 is 0 Å². The number of hydrogen-bond acceptors (Lipinski definition) is 3. The van der Waals surface area contributed by atoms with E-state index >= 15 is 0 Å². The predicted octanol–water partition coefficient (Wildman–Crippen LogP) is 0.265. The molecule has 0 spiro atoms. The average molecular weight is 157 g/mol. The Labute approximate surface area is 66.5 Å². The molecule has 11 heavy (non-hydrogen) atoms. The summed E-state index contributed by atoms with van der Waals surface area (Å²) >= 11 is 0. The van der Waals surface area contributed by atoms with Crippen LogP contribution in [0.25, 0.3) is 0 Å². The summed E-state index contributed by atoms with van der Waals surface area (Å²) in [6, 6.07) is 0.682. The van der Waals surface area contributed by atoms with E-state index in [2.05, 4.69) is 10.5 Å². The van der Waals surface area contributed by atoms with Gasteiger partial charge in [0.05, 0.1) is 0 Å². The van der Waals surface area contributed by atoms with Crippen molar-refractivity contribution < 1.29 is 5.21 Å². The Morgan fingerprint density at radius 3 is 2.82 bits per heavy atom. The van der Waals surface area contributed by atoms with Crippen molar-refractivity contribution in [3.8, 4) is 0 Å². The van der Waals surface area contributed by atoms with E-state index in [0.717, 1.165) is 6.54 Å². The molecule has 1 aliphatic carbocycles. The molecule has 0 bridgehead atoms. The predicted molar refractivity (Wildman–Crippen MR) is 43.7 cm³/mol. The van der Waals surface area contributed by atoms with Gasteiger partial charge in [-0.25, -0.2) is 0 Å². The number of nitrogens with two attached hydrogens (primary N) is 1. The lowest BCUT2D eigenvalue weighted by atomic mass is 9.93. The first kappa shape index (κ1) is 8.33. The molecule has 0 heterocycles. The quantitative estimate of drug-likeness (QED) is 0.237. The molecule has 0 aliphatic heterocycles. The third-order valence-corrected chi connectivity index (χ3v) is 2.05. The Hall–Kier alpha value is -0.770. The molecule has 0 amide bonds. The monoisotopic (exact) mass is 157 g/mol. The van der Waals surface area contributed by atoms with E-state index in [0.29, 0.717) is 18.3 Å². The van der Waals surface area contributed by atoms with Crippen LogP contribution >= 0.6 is 0 Å². The van der Waals surface area contributed by atoms with Crippen LogP contribution in [0.1, 0.15) is 25.7 Å². The molecule has 0 aromatic rings. The summed E-state index contributed by atoms with van der Waals surface area (Å²) in [7, 11) is 0. The van der Waals surface area contributed by atoms with E-state index in [1.54, 1.807) is 0 Å². The van der Waals surface area contributed by atoms with Crippen molar-refractivity contribution in [3.05, 3.63) is 0 Å². The molecule has 0 saturated heterocycles. The average Bonchev–Trinajstić information content (AvgIpc) is 1.94.